The molecule has 1 aromatic heterocycles. The predicted molar refractivity (Wildman–Crippen MR) is 89.4 cm³/mol. The van der Waals surface area contributed by atoms with Crippen molar-refractivity contribution < 1.29 is 9.53 Å². The molecule has 0 bridgehead atoms. The molecule has 2 aromatic carbocycles. The fourth-order valence-corrected chi connectivity index (χ4v) is 2.51. The molecule has 0 unspecified atom stereocenters. The van der Waals surface area contributed by atoms with Crippen LogP contribution in [0.3, 0.4) is 0 Å². The number of benzene rings is 2. The summed E-state index contributed by atoms with van der Waals surface area (Å²) in [5.74, 6) is -0.327. The van der Waals surface area contributed by atoms with Gasteiger partial charge in [-0.3, -0.25) is 0 Å². The second-order valence-corrected chi connectivity index (χ2v) is 4.91. The minimum absolute atomic E-state index is 0.327. The van der Waals surface area contributed by atoms with Crippen LogP contribution >= 0.6 is 0 Å². The van der Waals surface area contributed by atoms with E-state index in [1.54, 1.807) is 6.92 Å². The Labute approximate surface area is 129 Å². The van der Waals surface area contributed by atoms with E-state index in [0.717, 1.165) is 27.7 Å². The molecule has 3 nitrogen and oxygen atoms in total. The molecule has 0 radical (unpaired) electrons. The zero-order valence-electron chi connectivity index (χ0n) is 12.4. The van der Waals surface area contributed by atoms with Crippen LogP contribution in [0.2, 0.25) is 0 Å². The lowest BCUT2D eigenvalue weighted by molar-refractivity contribution is -0.137. The molecular formula is C19H17NO2. The zero-order chi connectivity index (χ0) is 15.4. The van der Waals surface area contributed by atoms with E-state index in [4.69, 9.17) is 4.74 Å². The van der Waals surface area contributed by atoms with E-state index in [9.17, 15) is 4.79 Å². The Morgan fingerprint density at radius 2 is 1.82 bits per heavy atom. The Hall–Kier alpha value is -2.81. The molecule has 0 fully saturated rings. The average Bonchev–Trinajstić information content (AvgIpc) is 2.93. The number of nitrogens with one attached hydrogen (secondary N) is 1. The smallest absolute Gasteiger partial charge is 0.330 e. The third kappa shape index (κ3) is 2.79. The molecule has 3 heteroatoms. The Bertz CT molecular complexity index is 816. The van der Waals surface area contributed by atoms with Crippen molar-refractivity contribution in [3.8, 4) is 11.3 Å². The Kier molecular flexibility index (Phi) is 4.05. The third-order valence-electron chi connectivity index (χ3n) is 3.48. The first-order chi connectivity index (χ1) is 10.8. The van der Waals surface area contributed by atoms with Crippen molar-refractivity contribution in [2.75, 3.05) is 6.61 Å². The van der Waals surface area contributed by atoms with Gasteiger partial charge in [-0.25, -0.2) is 4.79 Å². The number of aromatic nitrogens is 1. The van der Waals surface area contributed by atoms with Crippen LogP contribution in [0.5, 0.6) is 0 Å². The average molecular weight is 291 g/mol. The lowest BCUT2D eigenvalue weighted by Gasteiger charge is -2.01. The zero-order valence-corrected chi connectivity index (χ0v) is 12.4. The first-order valence-corrected chi connectivity index (χ1v) is 7.30. The van der Waals surface area contributed by atoms with Gasteiger partial charge in [0, 0.05) is 22.5 Å². The van der Waals surface area contributed by atoms with Gasteiger partial charge in [-0.1, -0.05) is 48.5 Å². The number of aromatic amines is 1. The van der Waals surface area contributed by atoms with Crippen molar-refractivity contribution in [3.05, 3.63) is 66.2 Å². The number of rotatable bonds is 4. The number of carbonyl (C=O) groups is 1. The molecular weight excluding hydrogens is 274 g/mol. The summed E-state index contributed by atoms with van der Waals surface area (Å²) in [5.41, 5.74) is 4.13. The molecule has 3 rings (SSSR count). The van der Waals surface area contributed by atoms with E-state index in [1.807, 2.05) is 60.7 Å². The number of H-pyrrole nitrogens is 1. The molecule has 0 saturated heterocycles. The number of carbonyl (C=O) groups excluding carboxylic acids is 1. The van der Waals surface area contributed by atoms with Crippen LogP contribution in [0.25, 0.3) is 28.2 Å². The van der Waals surface area contributed by atoms with E-state index in [1.165, 1.54) is 6.08 Å². The first-order valence-electron chi connectivity index (χ1n) is 7.30. The van der Waals surface area contributed by atoms with Crippen molar-refractivity contribution in [2.24, 2.45) is 0 Å². The van der Waals surface area contributed by atoms with Gasteiger partial charge >= 0.3 is 5.97 Å². The summed E-state index contributed by atoms with van der Waals surface area (Å²) in [6.45, 7) is 2.18. The second-order valence-electron chi connectivity index (χ2n) is 4.91. The summed E-state index contributed by atoms with van der Waals surface area (Å²) in [6, 6.07) is 18.1. The molecule has 1 N–H and O–H groups in total. The Morgan fingerprint density at radius 3 is 2.59 bits per heavy atom. The van der Waals surface area contributed by atoms with Gasteiger partial charge in [0.15, 0.2) is 0 Å². The van der Waals surface area contributed by atoms with Gasteiger partial charge < -0.3 is 9.72 Å². The number of para-hydroxylation sites is 1. The molecule has 0 aliphatic rings. The van der Waals surface area contributed by atoms with Crippen molar-refractivity contribution in [3.63, 3.8) is 0 Å². The molecule has 110 valence electrons. The Morgan fingerprint density at radius 1 is 1.09 bits per heavy atom. The summed E-state index contributed by atoms with van der Waals surface area (Å²) in [7, 11) is 0. The highest BCUT2D eigenvalue weighted by molar-refractivity contribution is 5.99. The van der Waals surface area contributed by atoms with E-state index in [-0.39, 0.29) is 5.97 Å². The topological polar surface area (TPSA) is 42.1 Å². The van der Waals surface area contributed by atoms with E-state index in [0.29, 0.717) is 6.61 Å². The summed E-state index contributed by atoms with van der Waals surface area (Å²) < 4.78 is 4.96. The summed E-state index contributed by atoms with van der Waals surface area (Å²) >= 11 is 0. The standard InChI is InChI=1S/C19H17NO2/c1-2-22-18(21)13-12-16-15-10-6-7-11-17(15)20-19(16)14-8-4-3-5-9-14/h3-13,20H,2H2,1H3. The largest absolute Gasteiger partial charge is 0.463 e. The quantitative estimate of drug-likeness (QED) is 0.571. The molecule has 0 spiro atoms. The number of ether oxygens (including phenoxy) is 1. The molecule has 22 heavy (non-hydrogen) atoms. The molecule has 0 amide bonds. The van der Waals surface area contributed by atoms with Gasteiger partial charge in [-0.2, -0.15) is 0 Å². The molecule has 0 aliphatic heterocycles. The van der Waals surface area contributed by atoms with Crippen molar-refractivity contribution in [1.82, 2.24) is 4.98 Å². The van der Waals surface area contributed by atoms with Crippen LogP contribution < -0.4 is 0 Å². The van der Waals surface area contributed by atoms with Gasteiger partial charge in [0.05, 0.1) is 12.3 Å². The minimum atomic E-state index is -0.327. The van der Waals surface area contributed by atoms with Gasteiger partial charge in [0.25, 0.3) is 0 Å². The highest BCUT2D eigenvalue weighted by Crippen LogP contribution is 2.31. The number of hydrogen-bond donors (Lipinski definition) is 1. The van der Waals surface area contributed by atoms with Crippen LogP contribution in [0.15, 0.2) is 60.7 Å². The van der Waals surface area contributed by atoms with Crippen LogP contribution in [0.1, 0.15) is 12.5 Å². The van der Waals surface area contributed by atoms with Crippen LogP contribution in [0.4, 0.5) is 0 Å². The van der Waals surface area contributed by atoms with E-state index >= 15 is 0 Å². The minimum Gasteiger partial charge on any atom is -0.463 e. The van der Waals surface area contributed by atoms with Crippen molar-refractivity contribution in [1.29, 1.82) is 0 Å². The maximum Gasteiger partial charge on any atom is 0.330 e. The molecule has 0 aliphatic carbocycles. The maximum atomic E-state index is 11.6. The third-order valence-corrected chi connectivity index (χ3v) is 3.48. The monoisotopic (exact) mass is 291 g/mol. The normalized spacial score (nSPS) is 11.1. The molecule has 3 aromatic rings. The summed E-state index contributed by atoms with van der Waals surface area (Å²) in [5, 5.41) is 1.09. The summed E-state index contributed by atoms with van der Waals surface area (Å²) in [6.07, 6.45) is 3.30. The van der Waals surface area contributed by atoms with Crippen molar-refractivity contribution >= 4 is 22.9 Å². The highest BCUT2D eigenvalue weighted by Gasteiger charge is 2.10. The van der Waals surface area contributed by atoms with E-state index < -0.39 is 0 Å². The van der Waals surface area contributed by atoms with Gasteiger partial charge in [-0.05, 0) is 24.6 Å². The molecule has 0 saturated carbocycles. The molecule has 1 heterocycles. The SMILES string of the molecule is CCOC(=O)C=Cc1c(-c2ccccc2)[nH]c2ccccc12. The fourth-order valence-electron chi connectivity index (χ4n) is 2.51. The maximum absolute atomic E-state index is 11.6. The number of esters is 1. The lowest BCUT2D eigenvalue weighted by atomic mass is 10.0. The van der Waals surface area contributed by atoms with Crippen molar-refractivity contribution in [2.45, 2.75) is 6.92 Å². The van der Waals surface area contributed by atoms with Gasteiger partial charge in [-0.15, -0.1) is 0 Å². The van der Waals surface area contributed by atoms with Gasteiger partial charge in [0.1, 0.15) is 0 Å². The van der Waals surface area contributed by atoms with Crippen LogP contribution in [0, 0.1) is 0 Å². The predicted octanol–water partition coefficient (Wildman–Crippen LogP) is 4.41. The molecule has 0 atom stereocenters. The number of hydrogen-bond acceptors (Lipinski definition) is 2. The van der Waals surface area contributed by atoms with Crippen LogP contribution in [-0.4, -0.2) is 17.6 Å². The van der Waals surface area contributed by atoms with E-state index in [2.05, 4.69) is 4.98 Å². The highest BCUT2D eigenvalue weighted by atomic mass is 16.5. The second kappa shape index (κ2) is 6.31. The first kappa shape index (κ1) is 14.1. The Balaban J connectivity index is 2.12. The lowest BCUT2D eigenvalue weighted by Crippen LogP contribution is -1.98. The fraction of sp³-hybridized carbons (Fsp3) is 0.105. The van der Waals surface area contributed by atoms with Crippen LogP contribution in [-0.2, 0) is 9.53 Å². The van der Waals surface area contributed by atoms with Gasteiger partial charge in [0.2, 0.25) is 0 Å². The number of fused-ring (bicyclic) bond motifs is 1. The summed E-state index contributed by atoms with van der Waals surface area (Å²) in [4.78, 5) is 15.0.